The van der Waals surface area contributed by atoms with E-state index < -0.39 is 10.9 Å². The van der Waals surface area contributed by atoms with Crippen molar-refractivity contribution in [2.45, 2.75) is 6.54 Å². The number of aromatic carboxylic acids is 1. The molecule has 1 aromatic carbocycles. The molecule has 0 amide bonds. The highest BCUT2D eigenvalue weighted by atomic mass is 35.5. The summed E-state index contributed by atoms with van der Waals surface area (Å²) in [5.74, 6) is -1.04. The maximum Gasteiger partial charge on any atom is 0.337 e. The SMILES string of the molecule is O=C(O)c1ccn(Cc2ccc(Cl)cc2[N+](=O)[O-])c1. The molecule has 7 heteroatoms. The molecule has 0 saturated carbocycles. The van der Waals surface area contributed by atoms with Crippen LogP contribution in [0.1, 0.15) is 15.9 Å². The summed E-state index contributed by atoms with van der Waals surface area (Å²) in [5, 5.41) is 20.0. The van der Waals surface area contributed by atoms with E-state index in [2.05, 4.69) is 0 Å². The average molecular weight is 281 g/mol. The molecule has 0 bridgehead atoms. The van der Waals surface area contributed by atoms with Crippen LogP contribution in [0.15, 0.2) is 36.7 Å². The Morgan fingerprint density at radius 2 is 2.16 bits per heavy atom. The highest BCUT2D eigenvalue weighted by Crippen LogP contribution is 2.24. The lowest BCUT2D eigenvalue weighted by Gasteiger charge is -2.04. The Bertz CT molecular complexity index is 651. The summed E-state index contributed by atoms with van der Waals surface area (Å²) in [4.78, 5) is 21.2. The summed E-state index contributed by atoms with van der Waals surface area (Å²) in [7, 11) is 0. The third-order valence-corrected chi connectivity index (χ3v) is 2.83. The number of nitrogens with zero attached hydrogens (tertiary/aromatic N) is 2. The van der Waals surface area contributed by atoms with Crippen LogP contribution in [0.4, 0.5) is 5.69 Å². The molecular weight excluding hydrogens is 272 g/mol. The van der Waals surface area contributed by atoms with Crippen LogP contribution < -0.4 is 0 Å². The molecule has 0 fully saturated rings. The molecule has 0 aliphatic carbocycles. The first-order valence-electron chi connectivity index (χ1n) is 5.29. The quantitative estimate of drug-likeness (QED) is 0.689. The second-order valence-electron chi connectivity index (χ2n) is 3.91. The number of rotatable bonds is 4. The molecule has 98 valence electrons. The van der Waals surface area contributed by atoms with Gasteiger partial charge in [-0.05, 0) is 18.2 Å². The second-order valence-corrected chi connectivity index (χ2v) is 4.34. The van der Waals surface area contributed by atoms with Crippen LogP contribution in [0.25, 0.3) is 0 Å². The lowest BCUT2D eigenvalue weighted by Crippen LogP contribution is -2.02. The highest BCUT2D eigenvalue weighted by molar-refractivity contribution is 6.30. The van der Waals surface area contributed by atoms with Crippen molar-refractivity contribution in [3.63, 3.8) is 0 Å². The van der Waals surface area contributed by atoms with E-state index in [0.29, 0.717) is 5.56 Å². The maximum atomic E-state index is 10.9. The summed E-state index contributed by atoms with van der Waals surface area (Å²) < 4.78 is 1.57. The van der Waals surface area contributed by atoms with Gasteiger partial charge in [0.15, 0.2) is 0 Å². The van der Waals surface area contributed by atoms with E-state index in [1.165, 1.54) is 18.3 Å². The zero-order valence-electron chi connectivity index (χ0n) is 9.62. The molecule has 0 radical (unpaired) electrons. The summed E-state index contributed by atoms with van der Waals surface area (Å²) in [6.07, 6.45) is 2.97. The van der Waals surface area contributed by atoms with Gasteiger partial charge in [0, 0.05) is 29.0 Å². The third kappa shape index (κ3) is 2.92. The Morgan fingerprint density at radius 1 is 1.42 bits per heavy atom. The monoisotopic (exact) mass is 280 g/mol. The van der Waals surface area contributed by atoms with Crippen LogP contribution >= 0.6 is 11.6 Å². The molecular formula is C12H9ClN2O4. The first-order chi connectivity index (χ1) is 8.97. The number of halogens is 1. The van der Waals surface area contributed by atoms with E-state index in [0.717, 1.165) is 0 Å². The largest absolute Gasteiger partial charge is 0.478 e. The minimum atomic E-state index is -1.04. The van der Waals surface area contributed by atoms with Crippen molar-refractivity contribution < 1.29 is 14.8 Å². The van der Waals surface area contributed by atoms with Crippen LogP contribution in [0, 0.1) is 10.1 Å². The van der Waals surface area contributed by atoms with Crippen LogP contribution in [0.2, 0.25) is 5.02 Å². The number of carbonyl (C=O) groups is 1. The number of carboxylic acids is 1. The van der Waals surface area contributed by atoms with Gasteiger partial charge in [0.2, 0.25) is 0 Å². The Balaban J connectivity index is 2.32. The molecule has 0 unspecified atom stereocenters. The number of aromatic nitrogens is 1. The van der Waals surface area contributed by atoms with Crippen molar-refractivity contribution in [3.8, 4) is 0 Å². The molecule has 0 aliphatic heterocycles. The Labute approximate surface area is 113 Å². The molecule has 1 aromatic heterocycles. The van der Waals surface area contributed by atoms with Gasteiger partial charge < -0.3 is 9.67 Å². The lowest BCUT2D eigenvalue weighted by atomic mass is 10.2. The number of nitro benzene ring substituents is 1. The van der Waals surface area contributed by atoms with E-state index in [1.807, 2.05) is 0 Å². The predicted octanol–water partition coefficient (Wildman–Crippen LogP) is 2.80. The van der Waals surface area contributed by atoms with Crippen LogP contribution in [-0.2, 0) is 6.54 Å². The number of hydrogen-bond donors (Lipinski definition) is 1. The average Bonchev–Trinajstić information content (AvgIpc) is 2.80. The minimum absolute atomic E-state index is 0.0851. The van der Waals surface area contributed by atoms with E-state index in [9.17, 15) is 14.9 Å². The number of benzene rings is 1. The number of hydrogen-bond acceptors (Lipinski definition) is 3. The fraction of sp³-hybridized carbons (Fsp3) is 0.0833. The highest BCUT2D eigenvalue weighted by Gasteiger charge is 2.15. The zero-order chi connectivity index (χ0) is 14.0. The summed E-state index contributed by atoms with van der Waals surface area (Å²) >= 11 is 5.72. The molecule has 1 N–H and O–H groups in total. The number of nitro groups is 1. The molecule has 0 atom stereocenters. The van der Waals surface area contributed by atoms with Gasteiger partial charge in [-0.25, -0.2) is 4.79 Å². The summed E-state index contributed by atoms with van der Waals surface area (Å²) in [6, 6.07) is 5.83. The van der Waals surface area contributed by atoms with Crippen molar-refractivity contribution in [2.24, 2.45) is 0 Å². The maximum absolute atomic E-state index is 10.9. The van der Waals surface area contributed by atoms with Crippen molar-refractivity contribution in [1.82, 2.24) is 4.57 Å². The van der Waals surface area contributed by atoms with Crippen LogP contribution in [0.5, 0.6) is 0 Å². The standard InChI is InChI=1S/C12H9ClN2O4/c13-10-2-1-8(11(5-10)15(18)19)6-14-4-3-9(7-14)12(16)17/h1-5,7H,6H2,(H,16,17). The van der Waals surface area contributed by atoms with E-state index in [4.69, 9.17) is 16.7 Å². The molecule has 19 heavy (non-hydrogen) atoms. The van der Waals surface area contributed by atoms with Crippen molar-refractivity contribution in [1.29, 1.82) is 0 Å². The van der Waals surface area contributed by atoms with Gasteiger partial charge in [0.25, 0.3) is 5.69 Å². The minimum Gasteiger partial charge on any atom is -0.478 e. The summed E-state index contributed by atoms with van der Waals surface area (Å²) in [5.41, 5.74) is 0.511. The first kappa shape index (κ1) is 13.1. The summed E-state index contributed by atoms with van der Waals surface area (Å²) in [6.45, 7) is 0.209. The predicted molar refractivity (Wildman–Crippen MR) is 68.6 cm³/mol. The van der Waals surface area contributed by atoms with Gasteiger partial charge in [0.1, 0.15) is 0 Å². The fourth-order valence-corrected chi connectivity index (χ4v) is 1.87. The van der Waals surface area contributed by atoms with E-state index >= 15 is 0 Å². The van der Waals surface area contributed by atoms with Gasteiger partial charge >= 0.3 is 5.97 Å². The normalized spacial score (nSPS) is 10.4. The van der Waals surface area contributed by atoms with Gasteiger partial charge in [0.05, 0.1) is 17.0 Å². The van der Waals surface area contributed by atoms with E-state index in [-0.39, 0.29) is 22.8 Å². The zero-order valence-corrected chi connectivity index (χ0v) is 10.4. The molecule has 2 aromatic rings. The van der Waals surface area contributed by atoms with Crippen molar-refractivity contribution in [2.75, 3.05) is 0 Å². The smallest absolute Gasteiger partial charge is 0.337 e. The van der Waals surface area contributed by atoms with Crippen LogP contribution in [-0.4, -0.2) is 20.6 Å². The second kappa shape index (κ2) is 5.11. The van der Waals surface area contributed by atoms with Crippen molar-refractivity contribution >= 4 is 23.3 Å². The van der Waals surface area contributed by atoms with Gasteiger partial charge in [-0.15, -0.1) is 0 Å². The molecule has 2 rings (SSSR count). The van der Waals surface area contributed by atoms with Gasteiger partial charge in [-0.2, -0.15) is 0 Å². The van der Waals surface area contributed by atoms with Gasteiger partial charge in [-0.1, -0.05) is 11.6 Å². The van der Waals surface area contributed by atoms with E-state index in [1.54, 1.807) is 22.9 Å². The Kier molecular flexibility index (Phi) is 3.52. The number of carboxylic acid groups (broad SMARTS) is 1. The van der Waals surface area contributed by atoms with Crippen LogP contribution in [0.3, 0.4) is 0 Å². The Hall–Kier alpha value is -2.34. The first-order valence-corrected chi connectivity index (χ1v) is 5.67. The topological polar surface area (TPSA) is 85.4 Å². The lowest BCUT2D eigenvalue weighted by molar-refractivity contribution is -0.385. The molecule has 1 heterocycles. The Morgan fingerprint density at radius 3 is 2.74 bits per heavy atom. The molecule has 6 nitrogen and oxygen atoms in total. The molecule has 0 spiro atoms. The third-order valence-electron chi connectivity index (χ3n) is 2.59. The van der Waals surface area contributed by atoms with Crippen molar-refractivity contribution in [3.05, 3.63) is 62.9 Å². The van der Waals surface area contributed by atoms with Gasteiger partial charge in [-0.3, -0.25) is 10.1 Å². The molecule has 0 saturated heterocycles. The fourth-order valence-electron chi connectivity index (χ4n) is 1.70. The molecule has 0 aliphatic rings.